The van der Waals surface area contributed by atoms with Crippen LogP contribution in [0.2, 0.25) is 0 Å². The first-order chi connectivity index (χ1) is 13.3. The van der Waals surface area contributed by atoms with Crippen molar-refractivity contribution in [1.82, 2.24) is 0 Å². The third-order valence-corrected chi connectivity index (χ3v) is 4.85. The summed E-state index contributed by atoms with van der Waals surface area (Å²) in [6.45, 7) is 1.65. The number of rotatable bonds is 3. The van der Waals surface area contributed by atoms with Crippen LogP contribution in [0.5, 0.6) is 5.75 Å². The van der Waals surface area contributed by atoms with Crippen LogP contribution in [0.4, 0.5) is 5.69 Å². The zero-order chi connectivity index (χ0) is 18.5. The van der Waals surface area contributed by atoms with Gasteiger partial charge in [0.25, 0.3) is 0 Å². The van der Waals surface area contributed by atoms with Crippen LogP contribution in [0.1, 0.15) is 22.3 Å². The summed E-state index contributed by atoms with van der Waals surface area (Å²) < 4.78 is 5.89. The Hall–Kier alpha value is -3.20. The second kappa shape index (κ2) is 8.00. The topological polar surface area (TPSA) is 47.3 Å². The molecule has 2 aliphatic rings. The lowest BCUT2D eigenvalue weighted by molar-refractivity contribution is 0.304. The van der Waals surface area contributed by atoms with Crippen molar-refractivity contribution in [3.05, 3.63) is 101 Å². The SMILES string of the molecule is NC1=Cc2ccccc2C1.c1ccc(COc2cccc3c2CCN3)cc1. The van der Waals surface area contributed by atoms with Crippen LogP contribution in [-0.4, -0.2) is 6.54 Å². The summed E-state index contributed by atoms with van der Waals surface area (Å²) in [6.07, 6.45) is 4.02. The fourth-order valence-electron chi connectivity index (χ4n) is 3.49. The molecule has 27 heavy (non-hydrogen) atoms. The molecule has 0 amide bonds. The lowest BCUT2D eigenvalue weighted by Crippen LogP contribution is -1.97. The van der Waals surface area contributed by atoms with Gasteiger partial charge in [0.2, 0.25) is 0 Å². The van der Waals surface area contributed by atoms with Gasteiger partial charge >= 0.3 is 0 Å². The van der Waals surface area contributed by atoms with Crippen LogP contribution in [0, 0.1) is 0 Å². The molecule has 0 bridgehead atoms. The third-order valence-electron chi connectivity index (χ3n) is 4.85. The molecule has 0 saturated carbocycles. The fraction of sp³-hybridized carbons (Fsp3) is 0.167. The zero-order valence-electron chi connectivity index (χ0n) is 15.3. The summed E-state index contributed by atoms with van der Waals surface area (Å²) >= 11 is 0. The second-order valence-electron chi connectivity index (χ2n) is 6.83. The van der Waals surface area contributed by atoms with E-state index in [2.05, 4.69) is 41.7 Å². The Kier molecular flexibility index (Phi) is 5.10. The molecule has 0 unspecified atom stereocenters. The van der Waals surface area contributed by atoms with E-state index >= 15 is 0 Å². The molecule has 0 atom stereocenters. The molecule has 1 aliphatic heterocycles. The highest BCUT2D eigenvalue weighted by molar-refractivity contribution is 5.62. The largest absolute Gasteiger partial charge is 0.489 e. The number of ether oxygens (including phenoxy) is 1. The van der Waals surface area contributed by atoms with E-state index in [0.29, 0.717) is 6.61 Å². The lowest BCUT2D eigenvalue weighted by atomic mass is 10.1. The Morgan fingerprint density at radius 1 is 0.889 bits per heavy atom. The van der Waals surface area contributed by atoms with Gasteiger partial charge in [0.15, 0.2) is 0 Å². The van der Waals surface area contributed by atoms with Crippen LogP contribution < -0.4 is 15.8 Å². The minimum Gasteiger partial charge on any atom is -0.489 e. The molecule has 0 saturated heterocycles. The quantitative estimate of drug-likeness (QED) is 0.710. The third kappa shape index (κ3) is 4.14. The van der Waals surface area contributed by atoms with Gasteiger partial charge in [-0.05, 0) is 41.3 Å². The molecule has 0 aromatic heterocycles. The Morgan fingerprint density at radius 3 is 2.56 bits per heavy atom. The molecule has 136 valence electrons. The highest BCUT2D eigenvalue weighted by Crippen LogP contribution is 2.31. The van der Waals surface area contributed by atoms with Crippen molar-refractivity contribution in [2.75, 3.05) is 11.9 Å². The van der Waals surface area contributed by atoms with E-state index in [4.69, 9.17) is 10.5 Å². The molecule has 3 nitrogen and oxygen atoms in total. The van der Waals surface area contributed by atoms with Crippen LogP contribution in [0.3, 0.4) is 0 Å². The van der Waals surface area contributed by atoms with Crippen molar-refractivity contribution in [1.29, 1.82) is 0 Å². The van der Waals surface area contributed by atoms with E-state index in [1.807, 2.05) is 42.5 Å². The average Bonchev–Trinajstić information content (AvgIpc) is 3.33. The highest BCUT2D eigenvalue weighted by Gasteiger charge is 2.14. The van der Waals surface area contributed by atoms with Gasteiger partial charge < -0.3 is 15.8 Å². The van der Waals surface area contributed by atoms with Crippen molar-refractivity contribution in [2.24, 2.45) is 5.73 Å². The monoisotopic (exact) mass is 356 g/mol. The van der Waals surface area contributed by atoms with Crippen molar-refractivity contribution in [2.45, 2.75) is 19.4 Å². The fourth-order valence-corrected chi connectivity index (χ4v) is 3.49. The first-order valence-corrected chi connectivity index (χ1v) is 9.36. The maximum atomic E-state index is 5.89. The van der Waals surface area contributed by atoms with E-state index in [-0.39, 0.29) is 0 Å². The first kappa shape index (κ1) is 17.2. The predicted molar refractivity (Wildman–Crippen MR) is 112 cm³/mol. The van der Waals surface area contributed by atoms with Crippen molar-refractivity contribution < 1.29 is 4.74 Å². The molecule has 0 spiro atoms. The molecule has 1 aliphatic carbocycles. The van der Waals surface area contributed by atoms with Gasteiger partial charge in [-0.1, -0.05) is 60.7 Å². The minimum absolute atomic E-state index is 0.636. The second-order valence-corrected chi connectivity index (χ2v) is 6.83. The molecule has 1 heterocycles. The summed E-state index contributed by atoms with van der Waals surface area (Å²) in [5.41, 5.74) is 13.0. The van der Waals surface area contributed by atoms with E-state index in [1.165, 1.54) is 27.9 Å². The summed E-state index contributed by atoms with van der Waals surface area (Å²) in [5.74, 6) is 1.01. The van der Waals surface area contributed by atoms with Crippen molar-refractivity contribution >= 4 is 11.8 Å². The predicted octanol–water partition coefficient (Wildman–Crippen LogP) is 4.78. The molecule has 3 N–H and O–H groups in total. The number of nitrogens with two attached hydrogens (primary N) is 1. The zero-order valence-corrected chi connectivity index (χ0v) is 15.3. The molecule has 3 aromatic carbocycles. The summed E-state index contributed by atoms with van der Waals surface area (Å²) in [4.78, 5) is 0. The van der Waals surface area contributed by atoms with Crippen LogP contribution in [0.15, 0.2) is 78.5 Å². The van der Waals surface area contributed by atoms with Gasteiger partial charge in [-0.15, -0.1) is 0 Å². The lowest BCUT2D eigenvalue weighted by Gasteiger charge is -2.10. The molecular weight excluding hydrogens is 332 g/mol. The Morgan fingerprint density at radius 2 is 1.70 bits per heavy atom. The number of benzene rings is 3. The number of hydrogen-bond acceptors (Lipinski definition) is 3. The Balaban J connectivity index is 0.000000153. The van der Waals surface area contributed by atoms with E-state index in [0.717, 1.165) is 30.8 Å². The van der Waals surface area contributed by atoms with Gasteiger partial charge in [0.05, 0.1) is 0 Å². The van der Waals surface area contributed by atoms with Gasteiger partial charge in [-0.2, -0.15) is 0 Å². The standard InChI is InChI=1S/C15H15NO.C9H9N/c1-2-5-12(6-3-1)11-17-15-8-4-7-14-13(15)9-10-16-14;10-9-5-7-3-1-2-4-8(7)6-9/h1-8,16H,9-11H2;1-5H,6,10H2. The van der Waals surface area contributed by atoms with E-state index in [9.17, 15) is 0 Å². The van der Waals surface area contributed by atoms with Gasteiger partial charge in [0, 0.05) is 29.9 Å². The summed E-state index contributed by atoms with van der Waals surface area (Å²) in [6, 6.07) is 24.8. The maximum Gasteiger partial charge on any atom is 0.125 e. The van der Waals surface area contributed by atoms with Crippen molar-refractivity contribution in [3.63, 3.8) is 0 Å². The molecule has 3 heteroatoms. The number of nitrogens with one attached hydrogen (secondary N) is 1. The maximum absolute atomic E-state index is 5.89. The number of allylic oxidation sites excluding steroid dienone is 1. The molecule has 0 fully saturated rings. The van der Waals surface area contributed by atoms with Crippen LogP contribution in [0.25, 0.3) is 6.08 Å². The number of hydrogen-bond donors (Lipinski definition) is 2. The number of anilines is 1. The average molecular weight is 356 g/mol. The minimum atomic E-state index is 0.636. The van der Waals surface area contributed by atoms with Gasteiger partial charge in [0.1, 0.15) is 12.4 Å². The van der Waals surface area contributed by atoms with Gasteiger partial charge in [-0.25, -0.2) is 0 Å². The normalized spacial score (nSPS) is 13.6. The summed E-state index contributed by atoms with van der Waals surface area (Å²) in [5, 5.41) is 3.36. The first-order valence-electron chi connectivity index (χ1n) is 9.36. The van der Waals surface area contributed by atoms with E-state index < -0.39 is 0 Å². The number of fused-ring (bicyclic) bond motifs is 2. The van der Waals surface area contributed by atoms with Crippen molar-refractivity contribution in [3.8, 4) is 5.75 Å². The molecule has 3 aromatic rings. The summed E-state index contributed by atoms with van der Waals surface area (Å²) in [7, 11) is 0. The molecule has 0 radical (unpaired) electrons. The van der Waals surface area contributed by atoms with Gasteiger partial charge in [-0.3, -0.25) is 0 Å². The molecule has 5 rings (SSSR count). The highest BCUT2D eigenvalue weighted by atomic mass is 16.5. The van der Waals surface area contributed by atoms with Crippen LogP contribution >= 0.6 is 0 Å². The Bertz CT molecular complexity index is 948. The smallest absolute Gasteiger partial charge is 0.125 e. The van der Waals surface area contributed by atoms with Crippen LogP contribution in [-0.2, 0) is 19.4 Å². The van der Waals surface area contributed by atoms with E-state index in [1.54, 1.807) is 0 Å². The molecular formula is C24H24N2O. The Labute approximate surface area is 160 Å².